The standard InChI is InChI=1S/C13H17BN2O2S.C7H5BrN2S/c1-12(2)13(3,4)18-14(17-12)8-5-6-10-9(7-8)16-11(15)19-10;8-4-1-2-6-5(3-4)10-7(9)11-6/h5-7H,1-4H3,(H2,15,16);1-3H,(H2,9,10). The van der Waals surface area contributed by atoms with E-state index in [1.165, 1.54) is 22.7 Å². The number of hydrogen-bond donors (Lipinski definition) is 2. The summed E-state index contributed by atoms with van der Waals surface area (Å²) in [7, 11) is -0.350. The summed E-state index contributed by atoms with van der Waals surface area (Å²) < 4.78 is 15.3. The summed E-state index contributed by atoms with van der Waals surface area (Å²) >= 11 is 6.36. The van der Waals surface area contributed by atoms with E-state index in [0.29, 0.717) is 10.3 Å². The molecule has 10 heteroatoms. The number of rotatable bonds is 1. The maximum atomic E-state index is 6.03. The molecule has 0 atom stereocenters. The number of thiazole rings is 2. The van der Waals surface area contributed by atoms with E-state index in [4.69, 9.17) is 20.8 Å². The van der Waals surface area contributed by atoms with Crippen LogP contribution in [0, 0.1) is 0 Å². The second-order valence-electron chi connectivity index (χ2n) is 8.03. The Morgan fingerprint density at radius 2 is 1.33 bits per heavy atom. The Bertz CT molecular complexity index is 1210. The molecule has 0 bridgehead atoms. The van der Waals surface area contributed by atoms with Crippen LogP contribution in [0.1, 0.15) is 27.7 Å². The molecule has 2 aromatic carbocycles. The van der Waals surface area contributed by atoms with E-state index in [9.17, 15) is 0 Å². The maximum Gasteiger partial charge on any atom is 0.494 e. The minimum atomic E-state index is -0.350. The van der Waals surface area contributed by atoms with E-state index in [2.05, 4.69) is 25.9 Å². The fourth-order valence-corrected chi connectivity index (χ4v) is 4.78. The minimum Gasteiger partial charge on any atom is -0.399 e. The Labute approximate surface area is 191 Å². The van der Waals surface area contributed by atoms with Crippen molar-refractivity contribution in [3.8, 4) is 0 Å². The summed E-state index contributed by atoms with van der Waals surface area (Å²) in [6, 6.07) is 12.0. The van der Waals surface area contributed by atoms with Gasteiger partial charge in [0.1, 0.15) is 0 Å². The molecule has 0 aliphatic carbocycles. The number of nitrogen functional groups attached to an aromatic ring is 2. The van der Waals surface area contributed by atoms with E-state index in [0.717, 1.165) is 30.4 Å². The topological polar surface area (TPSA) is 96.3 Å². The van der Waals surface area contributed by atoms with Gasteiger partial charge in [-0.25, -0.2) is 9.97 Å². The lowest BCUT2D eigenvalue weighted by Gasteiger charge is -2.32. The molecular weight excluding hydrogens is 483 g/mol. The van der Waals surface area contributed by atoms with Crippen LogP contribution in [0.5, 0.6) is 0 Å². The predicted molar refractivity (Wildman–Crippen MR) is 131 cm³/mol. The lowest BCUT2D eigenvalue weighted by atomic mass is 9.79. The summed E-state index contributed by atoms with van der Waals surface area (Å²) in [5.41, 5.74) is 13.4. The zero-order valence-electron chi connectivity index (χ0n) is 17.1. The molecule has 156 valence electrons. The van der Waals surface area contributed by atoms with Gasteiger partial charge in [-0.2, -0.15) is 0 Å². The van der Waals surface area contributed by atoms with Crippen molar-refractivity contribution in [2.24, 2.45) is 0 Å². The van der Waals surface area contributed by atoms with E-state index in [1.807, 2.05) is 64.1 Å². The monoisotopic (exact) mass is 504 g/mol. The summed E-state index contributed by atoms with van der Waals surface area (Å²) in [4.78, 5) is 8.44. The lowest BCUT2D eigenvalue weighted by Crippen LogP contribution is -2.41. The minimum absolute atomic E-state index is 0.326. The fraction of sp³-hybridized carbons (Fsp3) is 0.300. The third kappa shape index (κ3) is 4.20. The average molecular weight is 505 g/mol. The number of benzene rings is 2. The molecule has 3 heterocycles. The Morgan fingerprint density at radius 1 is 0.833 bits per heavy atom. The van der Waals surface area contributed by atoms with Crippen LogP contribution in [0.2, 0.25) is 0 Å². The average Bonchev–Trinajstić information content (AvgIpc) is 3.26. The fourth-order valence-electron chi connectivity index (χ4n) is 3.01. The van der Waals surface area contributed by atoms with Crippen molar-refractivity contribution in [3.63, 3.8) is 0 Å². The maximum absolute atomic E-state index is 6.03. The van der Waals surface area contributed by atoms with Crippen molar-refractivity contribution >= 4 is 81.9 Å². The normalized spacial score (nSPS) is 17.3. The molecular formula is C20H22BBrN4O2S2. The SMILES string of the molecule is CC1(C)OB(c2ccc3sc(N)nc3c2)OC1(C)C.Nc1nc2cc(Br)ccc2s1. The van der Waals surface area contributed by atoms with Crippen LogP contribution in [0.25, 0.3) is 20.4 Å². The molecule has 6 nitrogen and oxygen atoms in total. The van der Waals surface area contributed by atoms with Gasteiger partial charge in [0.15, 0.2) is 10.3 Å². The first-order chi connectivity index (χ1) is 14.0. The first-order valence-electron chi connectivity index (χ1n) is 9.37. The molecule has 0 saturated carbocycles. The second kappa shape index (κ2) is 7.76. The highest BCUT2D eigenvalue weighted by Gasteiger charge is 2.51. The van der Waals surface area contributed by atoms with Gasteiger partial charge in [-0.05, 0) is 63.5 Å². The first kappa shape index (κ1) is 21.5. The Hall–Kier alpha value is -1.72. The largest absolute Gasteiger partial charge is 0.494 e. The Morgan fingerprint density at radius 3 is 1.90 bits per heavy atom. The summed E-state index contributed by atoms with van der Waals surface area (Å²) in [6.07, 6.45) is 0. The predicted octanol–water partition coefficient (Wildman–Crippen LogP) is 4.82. The van der Waals surface area contributed by atoms with Gasteiger partial charge in [-0.3, -0.25) is 0 Å². The van der Waals surface area contributed by atoms with Gasteiger partial charge in [0.05, 0.1) is 31.6 Å². The van der Waals surface area contributed by atoms with Crippen LogP contribution in [0.3, 0.4) is 0 Å². The molecule has 1 fully saturated rings. The van der Waals surface area contributed by atoms with Gasteiger partial charge in [0.2, 0.25) is 0 Å². The highest BCUT2D eigenvalue weighted by Crippen LogP contribution is 2.36. The molecule has 2 aromatic heterocycles. The van der Waals surface area contributed by atoms with Crippen LogP contribution in [0.15, 0.2) is 40.9 Å². The third-order valence-corrected chi connectivity index (χ3v) is 7.54. The van der Waals surface area contributed by atoms with Crippen molar-refractivity contribution in [2.45, 2.75) is 38.9 Å². The quantitative estimate of drug-likeness (QED) is 0.361. The van der Waals surface area contributed by atoms with Crippen LogP contribution >= 0.6 is 38.6 Å². The van der Waals surface area contributed by atoms with Crippen LogP contribution in [0.4, 0.5) is 10.3 Å². The lowest BCUT2D eigenvalue weighted by molar-refractivity contribution is 0.00578. The highest BCUT2D eigenvalue weighted by atomic mass is 79.9. The molecule has 0 unspecified atom stereocenters. The van der Waals surface area contributed by atoms with E-state index in [-0.39, 0.29) is 18.3 Å². The molecule has 4 aromatic rings. The molecule has 1 aliphatic heterocycles. The first-order valence-corrected chi connectivity index (χ1v) is 11.8. The molecule has 1 aliphatic rings. The van der Waals surface area contributed by atoms with Crippen LogP contribution in [-0.4, -0.2) is 28.3 Å². The smallest absolute Gasteiger partial charge is 0.399 e. The highest BCUT2D eigenvalue weighted by molar-refractivity contribution is 9.10. The second-order valence-corrected chi connectivity index (χ2v) is 11.1. The van der Waals surface area contributed by atoms with Crippen LogP contribution in [-0.2, 0) is 9.31 Å². The number of nitrogens with zero attached hydrogens (tertiary/aromatic N) is 2. The van der Waals surface area contributed by atoms with Gasteiger partial charge in [-0.15, -0.1) is 0 Å². The van der Waals surface area contributed by atoms with E-state index >= 15 is 0 Å². The third-order valence-electron chi connectivity index (χ3n) is 5.32. The number of aromatic nitrogens is 2. The van der Waals surface area contributed by atoms with Crippen molar-refractivity contribution in [2.75, 3.05) is 11.5 Å². The summed E-state index contributed by atoms with van der Waals surface area (Å²) in [5, 5.41) is 1.21. The number of halogens is 1. The van der Waals surface area contributed by atoms with Gasteiger partial charge < -0.3 is 20.8 Å². The van der Waals surface area contributed by atoms with E-state index < -0.39 is 0 Å². The Kier molecular flexibility index (Phi) is 5.57. The molecule has 0 spiro atoms. The summed E-state index contributed by atoms with van der Waals surface area (Å²) in [6.45, 7) is 8.19. The number of fused-ring (bicyclic) bond motifs is 2. The van der Waals surface area contributed by atoms with Crippen LogP contribution < -0.4 is 16.9 Å². The van der Waals surface area contributed by atoms with Crippen molar-refractivity contribution in [1.29, 1.82) is 0 Å². The molecule has 0 radical (unpaired) electrons. The van der Waals surface area contributed by atoms with Crippen molar-refractivity contribution in [1.82, 2.24) is 9.97 Å². The zero-order valence-corrected chi connectivity index (χ0v) is 20.3. The van der Waals surface area contributed by atoms with Crippen molar-refractivity contribution in [3.05, 3.63) is 40.9 Å². The van der Waals surface area contributed by atoms with Gasteiger partial charge >= 0.3 is 7.12 Å². The molecule has 0 amide bonds. The number of nitrogens with two attached hydrogens (primary N) is 2. The molecule has 30 heavy (non-hydrogen) atoms. The van der Waals surface area contributed by atoms with Crippen molar-refractivity contribution < 1.29 is 9.31 Å². The number of anilines is 2. The van der Waals surface area contributed by atoms with Gasteiger partial charge in [-0.1, -0.05) is 44.7 Å². The van der Waals surface area contributed by atoms with Gasteiger partial charge in [0, 0.05) is 4.47 Å². The molecule has 5 rings (SSSR count). The van der Waals surface area contributed by atoms with Gasteiger partial charge in [0.25, 0.3) is 0 Å². The number of hydrogen-bond acceptors (Lipinski definition) is 8. The molecule has 4 N–H and O–H groups in total. The zero-order chi connectivity index (χ0) is 21.7. The molecule has 1 saturated heterocycles. The van der Waals surface area contributed by atoms with E-state index in [1.54, 1.807) is 0 Å². The summed E-state index contributed by atoms with van der Waals surface area (Å²) in [5.74, 6) is 0. The Balaban J connectivity index is 0.000000168.